The first-order valence-electron chi connectivity index (χ1n) is 8.42. The van der Waals surface area contributed by atoms with Gasteiger partial charge in [0, 0.05) is 40.3 Å². The average Bonchev–Trinajstić information content (AvgIpc) is 2.75. The summed E-state index contributed by atoms with van der Waals surface area (Å²) >= 11 is 0. The molecule has 0 aromatic heterocycles. The molecule has 0 aliphatic carbocycles. The van der Waals surface area contributed by atoms with E-state index in [-0.39, 0.29) is 18.1 Å². The maximum atomic E-state index is 12.3. The van der Waals surface area contributed by atoms with Crippen LogP contribution in [0.1, 0.15) is 27.7 Å². The van der Waals surface area contributed by atoms with Crippen molar-refractivity contribution < 1.29 is 14.4 Å². The van der Waals surface area contributed by atoms with E-state index in [0.29, 0.717) is 26.2 Å². The Balaban J connectivity index is 2.91. The summed E-state index contributed by atoms with van der Waals surface area (Å²) in [5, 5.41) is 5.68. The first-order chi connectivity index (χ1) is 11.3. The van der Waals surface area contributed by atoms with Crippen molar-refractivity contribution in [2.24, 2.45) is 0 Å². The number of rotatable bonds is 6. The van der Waals surface area contributed by atoms with Gasteiger partial charge >= 0.3 is 18.1 Å². The van der Waals surface area contributed by atoms with Crippen molar-refractivity contribution >= 4 is 18.1 Å². The quantitative estimate of drug-likeness (QED) is 0.746. The van der Waals surface area contributed by atoms with Crippen molar-refractivity contribution in [2.45, 2.75) is 40.0 Å². The summed E-state index contributed by atoms with van der Waals surface area (Å²) in [6, 6.07) is -0.784. The predicted octanol–water partition coefficient (Wildman–Crippen LogP) is 0.739. The number of carbonyl (C=O) groups excluding carboxylic acids is 3. The highest BCUT2D eigenvalue weighted by Gasteiger charge is 2.44. The van der Waals surface area contributed by atoms with Crippen LogP contribution < -0.4 is 10.6 Å². The Hall–Kier alpha value is -2.19. The van der Waals surface area contributed by atoms with Crippen molar-refractivity contribution in [1.82, 2.24) is 30.2 Å². The summed E-state index contributed by atoms with van der Waals surface area (Å²) in [5.74, 6) is 0. The highest BCUT2D eigenvalue weighted by molar-refractivity contribution is 5.82. The van der Waals surface area contributed by atoms with Crippen molar-refractivity contribution in [3.63, 3.8) is 0 Å². The summed E-state index contributed by atoms with van der Waals surface area (Å²) < 4.78 is 0. The van der Waals surface area contributed by atoms with Gasteiger partial charge in [-0.3, -0.25) is 0 Å². The van der Waals surface area contributed by atoms with Crippen LogP contribution in [0.5, 0.6) is 0 Å². The lowest BCUT2D eigenvalue weighted by Gasteiger charge is -2.31. The SMILES string of the molecule is CCN(CC)C(=O)NC1C(NC(=O)N(CC)CC)N(C)C(=O)N1C. The maximum absolute atomic E-state index is 12.3. The fraction of sp³-hybridized carbons (Fsp3) is 0.800. The van der Waals surface area contributed by atoms with Gasteiger partial charge in [0.2, 0.25) is 0 Å². The Labute approximate surface area is 143 Å². The summed E-state index contributed by atoms with van der Waals surface area (Å²) in [4.78, 5) is 43.0. The maximum Gasteiger partial charge on any atom is 0.323 e. The zero-order valence-corrected chi connectivity index (χ0v) is 15.5. The molecule has 2 N–H and O–H groups in total. The normalized spacial score (nSPS) is 20.2. The van der Waals surface area contributed by atoms with Crippen LogP contribution in [-0.2, 0) is 0 Å². The third kappa shape index (κ3) is 4.01. The lowest BCUT2D eigenvalue weighted by molar-refractivity contribution is 0.162. The predicted molar refractivity (Wildman–Crippen MR) is 91.4 cm³/mol. The Morgan fingerprint density at radius 1 is 0.833 bits per heavy atom. The molecular weight excluding hydrogens is 312 g/mol. The molecule has 1 aliphatic heterocycles. The molecule has 9 heteroatoms. The first kappa shape index (κ1) is 19.9. The van der Waals surface area contributed by atoms with E-state index in [1.54, 1.807) is 23.9 Å². The molecule has 0 saturated carbocycles. The second kappa shape index (κ2) is 8.60. The lowest BCUT2D eigenvalue weighted by atomic mass is 10.3. The minimum atomic E-state index is -0.630. The van der Waals surface area contributed by atoms with Crippen LogP contribution in [0.2, 0.25) is 0 Å². The van der Waals surface area contributed by atoms with Crippen molar-refractivity contribution in [3.05, 3.63) is 0 Å². The number of urea groups is 3. The van der Waals surface area contributed by atoms with Crippen LogP contribution in [0, 0.1) is 0 Å². The van der Waals surface area contributed by atoms with E-state index in [2.05, 4.69) is 10.6 Å². The van der Waals surface area contributed by atoms with Crippen molar-refractivity contribution in [3.8, 4) is 0 Å². The number of amides is 6. The van der Waals surface area contributed by atoms with E-state index in [0.717, 1.165) is 0 Å². The minimum Gasteiger partial charge on any atom is -0.325 e. The van der Waals surface area contributed by atoms with Crippen LogP contribution >= 0.6 is 0 Å². The molecule has 0 radical (unpaired) electrons. The Kier molecular flexibility index (Phi) is 7.12. The minimum absolute atomic E-state index is 0.260. The number of likely N-dealkylation sites (N-methyl/N-ethyl adjacent to an activating group) is 2. The largest absolute Gasteiger partial charge is 0.325 e. The van der Waals surface area contributed by atoms with Gasteiger partial charge in [-0.1, -0.05) is 0 Å². The summed E-state index contributed by atoms with van der Waals surface area (Å²) in [6.07, 6.45) is -1.26. The molecule has 2 atom stereocenters. The van der Waals surface area contributed by atoms with Gasteiger partial charge in [-0.2, -0.15) is 0 Å². The number of hydrogen-bond acceptors (Lipinski definition) is 3. The molecule has 1 heterocycles. The summed E-state index contributed by atoms with van der Waals surface area (Å²) in [5.41, 5.74) is 0. The van der Waals surface area contributed by atoms with Crippen LogP contribution in [-0.4, -0.2) is 90.3 Å². The fourth-order valence-corrected chi connectivity index (χ4v) is 2.72. The van der Waals surface area contributed by atoms with Gasteiger partial charge in [0.1, 0.15) is 12.3 Å². The third-order valence-electron chi connectivity index (χ3n) is 4.38. The third-order valence-corrected chi connectivity index (χ3v) is 4.38. The van der Waals surface area contributed by atoms with Gasteiger partial charge in [-0.25, -0.2) is 14.4 Å². The number of nitrogens with one attached hydrogen (secondary N) is 2. The zero-order valence-electron chi connectivity index (χ0n) is 15.5. The number of nitrogens with zero attached hydrogens (tertiary/aromatic N) is 4. The van der Waals surface area contributed by atoms with Crippen LogP contribution in [0.25, 0.3) is 0 Å². The lowest BCUT2D eigenvalue weighted by Crippen LogP contribution is -2.60. The topological polar surface area (TPSA) is 88.2 Å². The van der Waals surface area contributed by atoms with E-state index in [9.17, 15) is 14.4 Å². The second-order valence-corrected chi connectivity index (χ2v) is 5.64. The van der Waals surface area contributed by atoms with E-state index in [4.69, 9.17) is 0 Å². The average molecular weight is 342 g/mol. The van der Waals surface area contributed by atoms with Gasteiger partial charge < -0.3 is 30.2 Å². The molecule has 1 aliphatic rings. The second-order valence-electron chi connectivity index (χ2n) is 5.64. The summed E-state index contributed by atoms with van der Waals surface area (Å²) in [6.45, 7) is 9.82. The first-order valence-corrected chi connectivity index (χ1v) is 8.42. The van der Waals surface area contributed by atoms with Crippen molar-refractivity contribution in [2.75, 3.05) is 40.3 Å². The number of carbonyl (C=O) groups is 3. The summed E-state index contributed by atoms with van der Waals surface area (Å²) in [7, 11) is 3.21. The van der Waals surface area contributed by atoms with Crippen LogP contribution in [0.3, 0.4) is 0 Å². The Morgan fingerprint density at radius 2 is 1.12 bits per heavy atom. The van der Waals surface area contributed by atoms with Gasteiger partial charge in [-0.05, 0) is 27.7 Å². The Bertz CT molecular complexity index is 424. The molecule has 0 aromatic rings. The number of hydrogen-bond donors (Lipinski definition) is 2. The van der Waals surface area contributed by atoms with Gasteiger partial charge in [0.05, 0.1) is 0 Å². The molecule has 1 saturated heterocycles. The van der Waals surface area contributed by atoms with E-state index >= 15 is 0 Å². The smallest absolute Gasteiger partial charge is 0.323 e. The van der Waals surface area contributed by atoms with E-state index in [1.807, 2.05) is 27.7 Å². The molecule has 9 nitrogen and oxygen atoms in total. The molecule has 24 heavy (non-hydrogen) atoms. The highest BCUT2D eigenvalue weighted by Crippen LogP contribution is 2.17. The molecule has 1 rings (SSSR count). The molecule has 0 bridgehead atoms. The standard InChI is InChI=1S/C15H30N6O3/c1-7-20(8-2)13(22)16-11-12(19(6)15(24)18(11)5)17-14(23)21(9-3)10-4/h11-12H,7-10H2,1-6H3,(H,16,22)(H,17,23). The molecule has 0 aromatic carbocycles. The van der Waals surface area contributed by atoms with E-state index in [1.165, 1.54) is 9.80 Å². The molecule has 1 fully saturated rings. The monoisotopic (exact) mass is 342 g/mol. The van der Waals surface area contributed by atoms with Gasteiger partial charge in [0.15, 0.2) is 0 Å². The molecule has 0 spiro atoms. The van der Waals surface area contributed by atoms with Gasteiger partial charge in [-0.15, -0.1) is 0 Å². The Morgan fingerprint density at radius 3 is 1.38 bits per heavy atom. The van der Waals surface area contributed by atoms with Crippen LogP contribution in [0.4, 0.5) is 14.4 Å². The van der Waals surface area contributed by atoms with Crippen molar-refractivity contribution in [1.29, 1.82) is 0 Å². The van der Waals surface area contributed by atoms with Crippen LogP contribution in [0.15, 0.2) is 0 Å². The van der Waals surface area contributed by atoms with Gasteiger partial charge in [0.25, 0.3) is 0 Å². The molecule has 2 unspecified atom stereocenters. The zero-order chi connectivity index (χ0) is 18.4. The highest BCUT2D eigenvalue weighted by atomic mass is 16.2. The fourth-order valence-electron chi connectivity index (χ4n) is 2.72. The molecule has 138 valence electrons. The van der Waals surface area contributed by atoms with E-state index < -0.39 is 12.3 Å². The molecular formula is C15H30N6O3. The molecule has 6 amide bonds.